The van der Waals surface area contributed by atoms with Crippen LogP contribution >= 0.6 is 0 Å². The number of aromatic nitrogens is 6. The van der Waals surface area contributed by atoms with E-state index in [9.17, 15) is 20.0 Å². The second-order valence-electron chi connectivity index (χ2n) is 6.15. The third-order valence-electron chi connectivity index (χ3n) is 4.07. The van der Waals surface area contributed by atoms with Crippen LogP contribution in [0.4, 0.5) is 11.4 Å². The van der Waals surface area contributed by atoms with Crippen molar-refractivity contribution in [2.24, 2.45) is 0 Å². The number of nitro groups is 1. The van der Waals surface area contributed by atoms with E-state index in [4.69, 9.17) is 0 Å². The van der Waals surface area contributed by atoms with Gasteiger partial charge >= 0.3 is 0 Å². The van der Waals surface area contributed by atoms with E-state index in [1.807, 2.05) is 30.3 Å². The average Bonchev–Trinajstić information content (AvgIpc) is 3.40. The summed E-state index contributed by atoms with van der Waals surface area (Å²) < 4.78 is 1.43. The molecule has 0 unspecified atom stereocenters. The molecule has 2 aromatic heterocycles. The van der Waals surface area contributed by atoms with E-state index >= 15 is 0 Å². The topological polar surface area (TPSA) is 154 Å². The molecule has 0 bridgehead atoms. The molecule has 1 amide bonds. The number of hydrogen-bond acceptors (Lipinski definition) is 8. The van der Waals surface area contributed by atoms with Gasteiger partial charge < -0.3 is 10.4 Å². The first-order chi connectivity index (χ1) is 14.5. The Kier molecular flexibility index (Phi) is 4.87. The van der Waals surface area contributed by atoms with Gasteiger partial charge in [0.05, 0.1) is 10.6 Å². The van der Waals surface area contributed by atoms with Gasteiger partial charge in [-0.2, -0.15) is 5.10 Å². The molecule has 0 atom stereocenters. The highest BCUT2D eigenvalue weighted by Crippen LogP contribution is 2.28. The van der Waals surface area contributed by atoms with E-state index in [0.29, 0.717) is 5.82 Å². The maximum Gasteiger partial charge on any atom is 0.276 e. The summed E-state index contributed by atoms with van der Waals surface area (Å²) in [6.45, 7) is 0.120. The standard InChI is InChI=1S/C18H14N8O4/c27-16-7-6-13(26(29)30)10-15(16)19-18(28)14-8-9-24(21-14)11-25-22-17(20-23-25)12-4-2-1-3-5-12/h1-10,27H,11H2,(H,19,28). The predicted octanol–water partition coefficient (Wildman–Crippen LogP) is 1.91. The van der Waals surface area contributed by atoms with Crippen LogP contribution in [0, 0.1) is 10.1 Å². The molecule has 150 valence electrons. The minimum Gasteiger partial charge on any atom is -0.506 e. The van der Waals surface area contributed by atoms with E-state index in [0.717, 1.165) is 23.8 Å². The average molecular weight is 406 g/mol. The van der Waals surface area contributed by atoms with E-state index in [2.05, 4.69) is 25.8 Å². The normalized spacial score (nSPS) is 10.7. The number of amides is 1. The predicted molar refractivity (Wildman–Crippen MR) is 104 cm³/mol. The lowest BCUT2D eigenvalue weighted by molar-refractivity contribution is -0.384. The van der Waals surface area contributed by atoms with Gasteiger partial charge in [0.1, 0.15) is 5.75 Å². The molecule has 12 nitrogen and oxygen atoms in total. The zero-order valence-electron chi connectivity index (χ0n) is 15.3. The van der Waals surface area contributed by atoms with Gasteiger partial charge in [0.25, 0.3) is 11.6 Å². The zero-order valence-corrected chi connectivity index (χ0v) is 15.3. The molecule has 30 heavy (non-hydrogen) atoms. The third kappa shape index (κ3) is 3.96. The van der Waals surface area contributed by atoms with Crippen LogP contribution in [0.15, 0.2) is 60.8 Å². The van der Waals surface area contributed by atoms with Crippen LogP contribution in [0.2, 0.25) is 0 Å². The molecular weight excluding hydrogens is 392 g/mol. The number of phenols is 1. The molecule has 0 fully saturated rings. The lowest BCUT2D eigenvalue weighted by atomic mass is 10.2. The Labute approximate surface area is 168 Å². The summed E-state index contributed by atoms with van der Waals surface area (Å²) in [7, 11) is 0. The number of carbonyl (C=O) groups is 1. The fourth-order valence-electron chi connectivity index (χ4n) is 2.62. The number of nitrogens with one attached hydrogen (secondary N) is 1. The summed E-state index contributed by atoms with van der Waals surface area (Å²) in [4.78, 5) is 23.9. The number of nitro benzene ring substituents is 1. The van der Waals surface area contributed by atoms with Crippen molar-refractivity contribution in [2.75, 3.05) is 5.32 Å². The molecule has 2 aromatic carbocycles. The Balaban J connectivity index is 1.46. The highest BCUT2D eigenvalue weighted by Gasteiger charge is 2.16. The molecule has 0 aliphatic carbocycles. The second-order valence-corrected chi connectivity index (χ2v) is 6.15. The highest BCUT2D eigenvalue weighted by molar-refractivity contribution is 6.03. The lowest BCUT2D eigenvalue weighted by Crippen LogP contribution is -2.16. The van der Waals surface area contributed by atoms with Crippen molar-refractivity contribution in [3.05, 3.63) is 76.6 Å². The highest BCUT2D eigenvalue weighted by atomic mass is 16.6. The first-order valence-electron chi connectivity index (χ1n) is 8.65. The SMILES string of the molecule is O=C(Nc1cc([N+](=O)[O-])ccc1O)c1ccn(Cn2nnc(-c3ccccc3)n2)n1. The van der Waals surface area contributed by atoms with Crippen molar-refractivity contribution in [1.29, 1.82) is 0 Å². The van der Waals surface area contributed by atoms with Crippen LogP contribution in [0.3, 0.4) is 0 Å². The van der Waals surface area contributed by atoms with Crippen LogP contribution in [0.5, 0.6) is 5.75 Å². The number of anilines is 1. The van der Waals surface area contributed by atoms with Gasteiger partial charge in [0.15, 0.2) is 12.4 Å². The van der Waals surface area contributed by atoms with Gasteiger partial charge in [-0.15, -0.1) is 15.0 Å². The summed E-state index contributed by atoms with van der Waals surface area (Å²) in [6.07, 6.45) is 1.55. The molecule has 12 heteroatoms. The van der Waals surface area contributed by atoms with Crippen LogP contribution < -0.4 is 5.32 Å². The van der Waals surface area contributed by atoms with Gasteiger partial charge in [0, 0.05) is 23.9 Å². The van der Waals surface area contributed by atoms with Gasteiger partial charge in [-0.05, 0) is 17.3 Å². The third-order valence-corrected chi connectivity index (χ3v) is 4.07. The second kappa shape index (κ2) is 7.79. The van der Waals surface area contributed by atoms with Crippen molar-refractivity contribution >= 4 is 17.3 Å². The number of non-ortho nitro benzene ring substituents is 1. The number of phenolic OH excluding ortho intramolecular Hbond substituents is 1. The Bertz CT molecular complexity index is 1220. The molecule has 2 N–H and O–H groups in total. The Morgan fingerprint density at radius 1 is 1.13 bits per heavy atom. The van der Waals surface area contributed by atoms with Crippen molar-refractivity contribution in [3.8, 4) is 17.1 Å². The molecule has 0 aliphatic rings. The molecular formula is C18H14N8O4. The van der Waals surface area contributed by atoms with Crippen molar-refractivity contribution in [1.82, 2.24) is 30.0 Å². The smallest absolute Gasteiger partial charge is 0.276 e. The summed E-state index contributed by atoms with van der Waals surface area (Å²) in [5, 5.41) is 39.4. The quantitative estimate of drug-likeness (QED) is 0.280. The monoisotopic (exact) mass is 406 g/mol. The number of aromatic hydroxyl groups is 1. The fraction of sp³-hybridized carbons (Fsp3) is 0.0556. The first kappa shape index (κ1) is 18.7. The Hall–Kier alpha value is -4.61. The van der Waals surface area contributed by atoms with Crippen molar-refractivity contribution in [2.45, 2.75) is 6.67 Å². The molecule has 2 heterocycles. The molecule has 0 saturated heterocycles. The number of carbonyl (C=O) groups excluding carboxylic acids is 1. The summed E-state index contributed by atoms with van der Waals surface area (Å²) in [6, 6.07) is 14.1. The van der Waals surface area contributed by atoms with E-state index in [-0.39, 0.29) is 29.5 Å². The van der Waals surface area contributed by atoms with E-state index in [1.165, 1.54) is 15.5 Å². The van der Waals surface area contributed by atoms with Gasteiger partial charge in [-0.1, -0.05) is 30.3 Å². The van der Waals surface area contributed by atoms with Crippen LogP contribution in [0.1, 0.15) is 10.5 Å². The number of rotatable bonds is 6. The zero-order chi connectivity index (χ0) is 21.1. The molecule has 0 spiro atoms. The largest absolute Gasteiger partial charge is 0.506 e. The van der Waals surface area contributed by atoms with Crippen molar-refractivity contribution < 1.29 is 14.8 Å². The van der Waals surface area contributed by atoms with Gasteiger partial charge in [-0.25, -0.2) is 4.68 Å². The van der Waals surface area contributed by atoms with Gasteiger partial charge in [0.2, 0.25) is 5.82 Å². The van der Waals surface area contributed by atoms with Crippen LogP contribution in [0.25, 0.3) is 11.4 Å². The van der Waals surface area contributed by atoms with Crippen LogP contribution in [-0.4, -0.2) is 45.9 Å². The maximum absolute atomic E-state index is 12.4. The fourth-order valence-corrected chi connectivity index (χ4v) is 2.62. The first-order valence-corrected chi connectivity index (χ1v) is 8.65. The van der Waals surface area contributed by atoms with Crippen LogP contribution in [-0.2, 0) is 6.67 Å². The maximum atomic E-state index is 12.4. The minimum absolute atomic E-state index is 0.0457. The van der Waals surface area contributed by atoms with Gasteiger partial charge in [-0.3, -0.25) is 14.9 Å². The summed E-state index contributed by atoms with van der Waals surface area (Å²) >= 11 is 0. The van der Waals surface area contributed by atoms with E-state index < -0.39 is 10.8 Å². The number of hydrogen-bond donors (Lipinski definition) is 2. The molecule has 0 saturated carbocycles. The Morgan fingerprint density at radius 3 is 2.70 bits per heavy atom. The number of nitrogens with zero attached hydrogens (tertiary/aromatic N) is 7. The molecule has 0 radical (unpaired) electrons. The summed E-state index contributed by atoms with van der Waals surface area (Å²) in [5.41, 5.74) is 0.514. The lowest BCUT2D eigenvalue weighted by Gasteiger charge is -2.05. The minimum atomic E-state index is -0.638. The molecule has 4 aromatic rings. The Morgan fingerprint density at radius 2 is 1.93 bits per heavy atom. The molecule has 0 aliphatic heterocycles. The number of benzene rings is 2. The number of tetrazole rings is 1. The van der Waals surface area contributed by atoms with Crippen molar-refractivity contribution in [3.63, 3.8) is 0 Å². The van der Waals surface area contributed by atoms with E-state index in [1.54, 1.807) is 6.20 Å². The molecule has 4 rings (SSSR count). The summed E-state index contributed by atoms with van der Waals surface area (Å²) in [5.74, 6) is -0.475.